The molecule has 1 heterocycles. The molecule has 3 atom stereocenters. The van der Waals surface area contributed by atoms with Gasteiger partial charge in [0.15, 0.2) is 0 Å². The maximum absolute atomic E-state index is 10.3. The van der Waals surface area contributed by atoms with Crippen LogP contribution in [0.1, 0.15) is 29.5 Å². The molecule has 136 valence electrons. The zero-order valence-corrected chi connectivity index (χ0v) is 14.7. The van der Waals surface area contributed by atoms with Gasteiger partial charge in [0.25, 0.3) is 0 Å². The Bertz CT molecular complexity index is 833. The molecule has 0 amide bonds. The van der Waals surface area contributed by atoms with Crippen molar-refractivity contribution in [2.45, 2.75) is 18.4 Å². The molecular weight excluding hydrogens is 330 g/mol. The van der Waals surface area contributed by atoms with Crippen molar-refractivity contribution in [1.82, 2.24) is 0 Å². The SMILES string of the molecule is COCCOc1ccc2c(c1)C1C=CCC1C(c1ccc(O)cc1O)N2. The molecule has 2 aromatic rings. The number of hydrogen-bond acceptors (Lipinski definition) is 5. The molecule has 0 saturated carbocycles. The first-order valence-electron chi connectivity index (χ1n) is 8.88. The summed E-state index contributed by atoms with van der Waals surface area (Å²) in [6.07, 6.45) is 5.39. The highest BCUT2D eigenvalue weighted by Crippen LogP contribution is 2.51. The summed E-state index contributed by atoms with van der Waals surface area (Å²) in [5.41, 5.74) is 3.08. The minimum absolute atomic E-state index is 0.0108. The first-order valence-corrected chi connectivity index (χ1v) is 8.88. The molecule has 0 fully saturated rings. The standard InChI is InChI=1S/C21H23NO4/c1-25-9-10-26-14-6-8-19-18(12-14)15-3-2-4-16(15)21(22-19)17-7-5-13(23)11-20(17)24/h2-3,5-8,11-12,15-16,21-24H,4,9-10H2,1H3. The van der Waals surface area contributed by atoms with Gasteiger partial charge in [0.05, 0.1) is 12.6 Å². The number of ether oxygens (including phenoxy) is 2. The summed E-state index contributed by atoms with van der Waals surface area (Å²) < 4.78 is 10.8. The van der Waals surface area contributed by atoms with Crippen LogP contribution in [0.3, 0.4) is 0 Å². The summed E-state index contributed by atoms with van der Waals surface area (Å²) in [7, 11) is 1.66. The number of phenols is 2. The van der Waals surface area contributed by atoms with Crippen LogP contribution in [-0.2, 0) is 4.74 Å². The Hall–Kier alpha value is -2.66. The normalized spacial score (nSPS) is 23.2. The smallest absolute Gasteiger partial charge is 0.124 e. The highest BCUT2D eigenvalue weighted by molar-refractivity contribution is 5.62. The van der Waals surface area contributed by atoms with Gasteiger partial charge >= 0.3 is 0 Å². The van der Waals surface area contributed by atoms with E-state index in [1.807, 2.05) is 12.1 Å². The molecule has 4 rings (SSSR count). The second kappa shape index (κ2) is 6.92. The number of hydrogen-bond donors (Lipinski definition) is 3. The summed E-state index contributed by atoms with van der Waals surface area (Å²) in [5.74, 6) is 1.62. The molecule has 5 heteroatoms. The van der Waals surface area contributed by atoms with E-state index in [2.05, 4.69) is 23.5 Å². The van der Waals surface area contributed by atoms with Crippen molar-refractivity contribution in [2.75, 3.05) is 25.6 Å². The quantitative estimate of drug-likeness (QED) is 0.561. The van der Waals surface area contributed by atoms with Crippen molar-refractivity contribution < 1.29 is 19.7 Å². The molecule has 0 aromatic heterocycles. The monoisotopic (exact) mass is 353 g/mol. The Morgan fingerprint density at radius 3 is 2.77 bits per heavy atom. The molecule has 1 aliphatic carbocycles. The predicted octanol–water partition coefficient (Wildman–Crippen LogP) is 3.95. The molecule has 3 N–H and O–H groups in total. The van der Waals surface area contributed by atoms with Gasteiger partial charge in [0, 0.05) is 30.3 Å². The lowest BCUT2D eigenvalue weighted by Crippen LogP contribution is -2.29. The first kappa shape index (κ1) is 16.8. The molecular formula is C21H23NO4. The van der Waals surface area contributed by atoms with Crippen LogP contribution in [0.4, 0.5) is 5.69 Å². The fourth-order valence-electron chi connectivity index (χ4n) is 4.01. The van der Waals surface area contributed by atoms with Crippen molar-refractivity contribution in [3.05, 3.63) is 59.7 Å². The minimum Gasteiger partial charge on any atom is -0.508 e. The number of nitrogens with one attached hydrogen (secondary N) is 1. The number of anilines is 1. The summed E-state index contributed by atoms with van der Waals surface area (Å²) in [4.78, 5) is 0. The number of allylic oxidation sites excluding steroid dienone is 2. The van der Waals surface area contributed by atoms with E-state index in [-0.39, 0.29) is 23.5 Å². The summed E-state index contributed by atoms with van der Waals surface area (Å²) in [6, 6.07) is 10.9. The van der Waals surface area contributed by atoms with Crippen LogP contribution in [0.25, 0.3) is 0 Å². The maximum atomic E-state index is 10.3. The van der Waals surface area contributed by atoms with E-state index >= 15 is 0 Å². The second-order valence-corrected chi connectivity index (χ2v) is 6.81. The summed E-state index contributed by atoms with van der Waals surface area (Å²) in [6.45, 7) is 1.08. The van der Waals surface area contributed by atoms with Gasteiger partial charge < -0.3 is 25.0 Å². The van der Waals surface area contributed by atoms with Gasteiger partial charge in [-0.15, -0.1) is 0 Å². The number of fused-ring (bicyclic) bond motifs is 3. The van der Waals surface area contributed by atoms with Gasteiger partial charge in [-0.25, -0.2) is 0 Å². The van der Waals surface area contributed by atoms with Crippen LogP contribution in [0.15, 0.2) is 48.6 Å². The number of methoxy groups -OCH3 is 1. The highest BCUT2D eigenvalue weighted by atomic mass is 16.5. The van der Waals surface area contributed by atoms with Crippen LogP contribution < -0.4 is 10.1 Å². The Labute approximate surface area is 152 Å². The lowest BCUT2D eigenvalue weighted by atomic mass is 9.77. The van der Waals surface area contributed by atoms with Crippen molar-refractivity contribution in [2.24, 2.45) is 5.92 Å². The van der Waals surface area contributed by atoms with Crippen molar-refractivity contribution >= 4 is 5.69 Å². The van der Waals surface area contributed by atoms with E-state index in [0.29, 0.717) is 19.1 Å². The molecule has 2 aliphatic rings. The Morgan fingerprint density at radius 1 is 1.08 bits per heavy atom. The molecule has 0 bridgehead atoms. The van der Waals surface area contributed by atoms with Gasteiger partial charge in [-0.2, -0.15) is 0 Å². The van der Waals surface area contributed by atoms with Gasteiger partial charge in [-0.1, -0.05) is 12.2 Å². The topological polar surface area (TPSA) is 71.0 Å². The second-order valence-electron chi connectivity index (χ2n) is 6.81. The van der Waals surface area contributed by atoms with Crippen LogP contribution in [0.5, 0.6) is 17.2 Å². The zero-order valence-electron chi connectivity index (χ0n) is 14.7. The lowest BCUT2D eigenvalue weighted by molar-refractivity contribution is 0.146. The van der Waals surface area contributed by atoms with E-state index in [1.54, 1.807) is 19.2 Å². The van der Waals surface area contributed by atoms with E-state index < -0.39 is 0 Å². The first-order chi connectivity index (χ1) is 12.7. The van der Waals surface area contributed by atoms with Crippen LogP contribution in [0.2, 0.25) is 0 Å². The maximum Gasteiger partial charge on any atom is 0.124 e. The van der Waals surface area contributed by atoms with Gasteiger partial charge in [0.1, 0.15) is 23.9 Å². The molecule has 0 spiro atoms. The van der Waals surface area contributed by atoms with Crippen molar-refractivity contribution in [3.63, 3.8) is 0 Å². The number of benzene rings is 2. The molecule has 5 nitrogen and oxygen atoms in total. The van der Waals surface area contributed by atoms with Crippen molar-refractivity contribution in [3.8, 4) is 17.2 Å². The fraction of sp³-hybridized carbons (Fsp3) is 0.333. The molecule has 3 unspecified atom stereocenters. The molecule has 0 radical (unpaired) electrons. The number of phenolic OH excluding ortho intramolecular Hbond substituents is 2. The van der Waals surface area contributed by atoms with E-state index in [9.17, 15) is 10.2 Å². The van der Waals surface area contributed by atoms with E-state index in [4.69, 9.17) is 9.47 Å². The molecule has 0 saturated heterocycles. The lowest BCUT2D eigenvalue weighted by Gasteiger charge is -2.37. The van der Waals surface area contributed by atoms with Crippen LogP contribution >= 0.6 is 0 Å². The highest BCUT2D eigenvalue weighted by Gasteiger charge is 2.39. The average Bonchev–Trinajstić information content (AvgIpc) is 3.12. The fourth-order valence-corrected chi connectivity index (χ4v) is 4.01. The van der Waals surface area contributed by atoms with Crippen LogP contribution in [0, 0.1) is 5.92 Å². The predicted molar refractivity (Wildman–Crippen MR) is 99.9 cm³/mol. The number of rotatable bonds is 5. The van der Waals surface area contributed by atoms with Gasteiger partial charge in [-0.3, -0.25) is 0 Å². The largest absolute Gasteiger partial charge is 0.508 e. The third kappa shape index (κ3) is 2.99. The third-order valence-corrected chi connectivity index (χ3v) is 5.24. The molecule has 2 aromatic carbocycles. The number of aromatic hydroxyl groups is 2. The van der Waals surface area contributed by atoms with E-state index in [0.717, 1.165) is 23.4 Å². The van der Waals surface area contributed by atoms with E-state index in [1.165, 1.54) is 11.6 Å². The summed E-state index contributed by atoms with van der Waals surface area (Å²) in [5, 5.41) is 23.5. The van der Waals surface area contributed by atoms with Crippen LogP contribution in [-0.4, -0.2) is 30.5 Å². The Morgan fingerprint density at radius 2 is 1.96 bits per heavy atom. The third-order valence-electron chi connectivity index (χ3n) is 5.24. The zero-order chi connectivity index (χ0) is 18.1. The van der Waals surface area contributed by atoms with Gasteiger partial charge in [0.2, 0.25) is 0 Å². The Kier molecular flexibility index (Phi) is 4.47. The van der Waals surface area contributed by atoms with Crippen molar-refractivity contribution in [1.29, 1.82) is 0 Å². The average molecular weight is 353 g/mol. The van der Waals surface area contributed by atoms with Gasteiger partial charge in [-0.05, 0) is 48.2 Å². The summed E-state index contributed by atoms with van der Waals surface area (Å²) >= 11 is 0. The Balaban J connectivity index is 1.66. The molecule has 26 heavy (non-hydrogen) atoms. The molecule has 1 aliphatic heterocycles. The minimum atomic E-state index is -0.0108.